The second-order valence-electron chi connectivity index (χ2n) is 4.94. The van der Waals surface area contributed by atoms with Crippen LogP contribution in [-0.2, 0) is 16.6 Å². The molecule has 0 radical (unpaired) electrons. The summed E-state index contributed by atoms with van der Waals surface area (Å²) in [5.74, 6) is 0. The lowest BCUT2D eigenvalue weighted by Crippen LogP contribution is -2.29. The van der Waals surface area contributed by atoms with Gasteiger partial charge in [0.15, 0.2) is 0 Å². The zero-order chi connectivity index (χ0) is 12.5. The molecule has 2 rings (SSSR count). The van der Waals surface area contributed by atoms with E-state index >= 15 is 0 Å². The van der Waals surface area contributed by atoms with Crippen LogP contribution in [0.2, 0.25) is 0 Å². The zero-order valence-corrected chi connectivity index (χ0v) is 10.6. The van der Waals surface area contributed by atoms with E-state index in [1.165, 1.54) is 12.1 Å². The molecular formula is C12H17NO3S. The molecule has 17 heavy (non-hydrogen) atoms. The van der Waals surface area contributed by atoms with Crippen molar-refractivity contribution in [3.05, 3.63) is 29.8 Å². The van der Waals surface area contributed by atoms with Crippen LogP contribution in [0.3, 0.4) is 0 Å². The van der Waals surface area contributed by atoms with E-state index in [-0.39, 0.29) is 16.9 Å². The van der Waals surface area contributed by atoms with Gasteiger partial charge in [-0.25, -0.2) is 13.1 Å². The second-order valence-corrected chi connectivity index (χ2v) is 6.71. The maximum absolute atomic E-state index is 12.0. The monoisotopic (exact) mass is 255 g/mol. The van der Waals surface area contributed by atoms with Gasteiger partial charge in [-0.2, -0.15) is 0 Å². The summed E-state index contributed by atoms with van der Waals surface area (Å²) in [5.41, 5.74) is 0.743. The minimum absolute atomic E-state index is 0.141. The molecule has 0 aromatic heterocycles. The van der Waals surface area contributed by atoms with Crippen molar-refractivity contribution in [1.82, 2.24) is 4.72 Å². The largest absolute Gasteiger partial charge is 0.392 e. The van der Waals surface area contributed by atoms with E-state index in [0.29, 0.717) is 12.1 Å². The Bertz CT molecular complexity index is 506. The van der Waals surface area contributed by atoms with E-state index in [0.717, 1.165) is 12.8 Å². The Hall–Kier alpha value is -0.910. The first kappa shape index (κ1) is 12.5. The summed E-state index contributed by atoms with van der Waals surface area (Å²) in [7, 11) is -3.45. The van der Waals surface area contributed by atoms with E-state index in [1.807, 2.05) is 0 Å². The fourth-order valence-electron chi connectivity index (χ4n) is 1.55. The third-order valence-corrected chi connectivity index (χ3v) is 4.58. The van der Waals surface area contributed by atoms with Crippen LogP contribution in [0.5, 0.6) is 0 Å². The lowest BCUT2D eigenvalue weighted by molar-refractivity contribution is 0.281. The number of aliphatic hydroxyl groups is 1. The summed E-state index contributed by atoms with van der Waals surface area (Å²) >= 11 is 0. The van der Waals surface area contributed by atoms with Crippen LogP contribution in [0, 0.1) is 5.41 Å². The Morgan fingerprint density at radius 3 is 2.71 bits per heavy atom. The van der Waals surface area contributed by atoms with Crippen molar-refractivity contribution in [2.75, 3.05) is 6.54 Å². The van der Waals surface area contributed by atoms with Gasteiger partial charge >= 0.3 is 0 Å². The fourth-order valence-corrected chi connectivity index (χ4v) is 2.82. The predicted molar refractivity (Wildman–Crippen MR) is 64.9 cm³/mol. The van der Waals surface area contributed by atoms with Crippen molar-refractivity contribution in [2.45, 2.75) is 31.3 Å². The molecule has 0 unspecified atom stereocenters. The van der Waals surface area contributed by atoms with Crippen LogP contribution in [0.15, 0.2) is 29.2 Å². The molecule has 2 N–H and O–H groups in total. The highest BCUT2D eigenvalue weighted by molar-refractivity contribution is 7.89. The highest BCUT2D eigenvalue weighted by Gasteiger charge is 2.38. The number of benzene rings is 1. The van der Waals surface area contributed by atoms with Gasteiger partial charge in [0, 0.05) is 6.54 Å². The van der Waals surface area contributed by atoms with Crippen LogP contribution in [0.25, 0.3) is 0 Å². The Morgan fingerprint density at radius 1 is 1.41 bits per heavy atom. The van der Waals surface area contributed by atoms with Gasteiger partial charge < -0.3 is 5.11 Å². The average molecular weight is 255 g/mol. The fraction of sp³-hybridized carbons (Fsp3) is 0.500. The molecule has 0 atom stereocenters. The Morgan fingerprint density at radius 2 is 2.12 bits per heavy atom. The summed E-state index contributed by atoms with van der Waals surface area (Å²) in [5, 5.41) is 8.98. The van der Waals surface area contributed by atoms with Gasteiger partial charge in [-0.05, 0) is 36.0 Å². The number of rotatable bonds is 5. The van der Waals surface area contributed by atoms with Gasteiger partial charge in [0.2, 0.25) is 10.0 Å². The van der Waals surface area contributed by atoms with Crippen LogP contribution in [0.1, 0.15) is 25.3 Å². The molecule has 1 saturated carbocycles. The highest BCUT2D eigenvalue weighted by Crippen LogP contribution is 2.44. The van der Waals surface area contributed by atoms with Crippen LogP contribution in [-0.4, -0.2) is 20.1 Å². The summed E-state index contributed by atoms with van der Waals surface area (Å²) in [6.45, 7) is 2.40. The zero-order valence-electron chi connectivity index (χ0n) is 9.81. The Labute approximate surface area is 102 Å². The van der Waals surface area contributed by atoms with E-state index in [4.69, 9.17) is 5.11 Å². The molecule has 1 fully saturated rings. The number of nitrogens with one attached hydrogen (secondary N) is 1. The topological polar surface area (TPSA) is 66.4 Å². The Balaban J connectivity index is 2.13. The predicted octanol–water partition coefficient (Wildman–Crippen LogP) is 1.26. The first-order valence-electron chi connectivity index (χ1n) is 5.65. The molecule has 0 spiro atoms. The van der Waals surface area contributed by atoms with Crippen LogP contribution in [0.4, 0.5) is 0 Å². The van der Waals surface area contributed by atoms with Gasteiger partial charge in [-0.3, -0.25) is 0 Å². The van der Waals surface area contributed by atoms with Crippen molar-refractivity contribution < 1.29 is 13.5 Å². The molecule has 0 amide bonds. The summed E-state index contributed by atoms with van der Waals surface area (Å²) < 4.78 is 26.6. The van der Waals surface area contributed by atoms with Crippen molar-refractivity contribution in [3.8, 4) is 0 Å². The molecular weight excluding hydrogens is 238 g/mol. The van der Waals surface area contributed by atoms with Crippen molar-refractivity contribution in [3.63, 3.8) is 0 Å². The van der Waals surface area contributed by atoms with Crippen LogP contribution >= 0.6 is 0 Å². The van der Waals surface area contributed by atoms with E-state index in [1.54, 1.807) is 12.1 Å². The smallest absolute Gasteiger partial charge is 0.240 e. The van der Waals surface area contributed by atoms with E-state index in [2.05, 4.69) is 11.6 Å². The van der Waals surface area contributed by atoms with Gasteiger partial charge in [0.1, 0.15) is 0 Å². The van der Waals surface area contributed by atoms with E-state index in [9.17, 15) is 8.42 Å². The lowest BCUT2D eigenvalue weighted by atomic mass is 10.2. The van der Waals surface area contributed by atoms with Gasteiger partial charge in [-0.1, -0.05) is 19.1 Å². The molecule has 94 valence electrons. The van der Waals surface area contributed by atoms with Gasteiger partial charge in [-0.15, -0.1) is 0 Å². The van der Waals surface area contributed by atoms with Gasteiger partial charge in [0.25, 0.3) is 0 Å². The summed E-state index contributed by atoms with van der Waals surface area (Å²) in [6, 6.07) is 6.37. The van der Waals surface area contributed by atoms with Crippen molar-refractivity contribution >= 4 is 10.0 Å². The molecule has 5 heteroatoms. The quantitative estimate of drug-likeness (QED) is 0.832. The third kappa shape index (κ3) is 3.06. The molecule has 0 heterocycles. The molecule has 1 aliphatic carbocycles. The SMILES string of the molecule is CC1(CNS(=O)(=O)c2cccc(CO)c2)CC1. The molecule has 0 aliphatic heterocycles. The number of aliphatic hydroxyl groups excluding tert-OH is 1. The maximum Gasteiger partial charge on any atom is 0.240 e. The van der Waals surface area contributed by atoms with E-state index < -0.39 is 10.0 Å². The average Bonchev–Trinajstić information content (AvgIpc) is 3.06. The standard InChI is InChI=1S/C12H17NO3S/c1-12(5-6-12)9-13-17(15,16)11-4-2-3-10(7-11)8-14/h2-4,7,13-14H,5-6,8-9H2,1H3. The second kappa shape index (κ2) is 4.40. The minimum atomic E-state index is -3.45. The molecule has 1 aliphatic rings. The van der Waals surface area contributed by atoms with Crippen molar-refractivity contribution in [1.29, 1.82) is 0 Å². The molecule has 1 aromatic carbocycles. The number of hydrogen-bond acceptors (Lipinski definition) is 3. The third-order valence-electron chi connectivity index (χ3n) is 3.18. The first-order chi connectivity index (χ1) is 7.95. The number of sulfonamides is 1. The molecule has 0 saturated heterocycles. The molecule has 4 nitrogen and oxygen atoms in total. The maximum atomic E-state index is 12.0. The Kier molecular flexibility index (Phi) is 3.25. The molecule has 1 aromatic rings. The first-order valence-corrected chi connectivity index (χ1v) is 7.13. The normalized spacial score (nSPS) is 18.0. The van der Waals surface area contributed by atoms with Crippen LogP contribution < -0.4 is 4.72 Å². The summed E-state index contributed by atoms with van der Waals surface area (Å²) in [4.78, 5) is 0.216. The minimum Gasteiger partial charge on any atom is -0.392 e. The van der Waals surface area contributed by atoms with Gasteiger partial charge in [0.05, 0.1) is 11.5 Å². The highest BCUT2D eigenvalue weighted by atomic mass is 32.2. The summed E-state index contributed by atoms with van der Waals surface area (Å²) in [6.07, 6.45) is 2.15. The molecule has 0 bridgehead atoms. The lowest BCUT2D eigenvalue weighted by Gasteiger charge is -2.11. The number of hydrogen-bond donors (Lipinski definition) is 2. The van der Waals surface area contributed by atoms with Crippen molar-refractivity contribution in [2.24, 2.45) is 5.41 Å².